The van der Waals surface area contributed by atoms with E-state index in [1.807, 2.05) is 27.7 Å². The number of esters is 1. The number of likely N-dealkylation sites (tertiary alicyclic amines) is 1. The predicted molar refractivity (Wildman–Crippen MR) is 103 cm³/mol. The molecule has 0 N–H and O–H groups in total. The summed E-state index contributed by atoms with van der Waals surface area (Å²) in [5.74, 6) is -0.763. The van der Waals surface area contributed by atoms with Crippen LogP contribution in [0.4, 0.5) is 4.79 Å². The first-order chi connectivity index (χ1) is 13.1. The van der Waals surface area contributed by atoms with E-state index in [0.717, 1.165) is 6.42 Å². The second-order valence-corrected chi connectivity index (χ2v) is 7.16. The van der Waals surface area contributed by atoms with Crippen molar-refractivity contribution < 1.29 is 33.4 Å². The molecule has 1 aliphatic heterocycles. The van der Waals surface area contributed by atoms with Crippen LogP contribution in [-0.4, -0.2) is 78.7 Å². The minimum atomic E-state index is -0.537. The molecule has 0 radical (unpaired) electrons. The van der Waals surface area contributed by atoms with E-state index >= 15 is 0 Å². The number of amides is 2. The summed E-state index contributed by atoms with van der Waals surface area (Å²) in [5.41, 5.74) is -0.537. The highest BCUT2D eigenvalue weighted by Crippen LogP contribution is 2.20. The van der Waals surface area contributed by atoms with Crippen molar-refractivity contribution >= 4 is 24.4 Å². The number of carbonyl (C=O) groups excluding carboxylic acids is 4. The number of rotatable bonds is 8. The van der Waals surface area contributed by atoms with E-state index in [4.69, 9.17) is 9.47 Å². The van der Waals surface area contributed by atoms with E-state index in [9.17, 15) is 19.2 Å². The Kier molecular flexibility index (Phi) is 11.9. The van der Waals surface area contributed by atoms with E-state index in [0.29, 0.717) is 32.7 Å². The van der Waals surface area contributed by atoms with Crippen LogP contribution in [0.1, 0.15) is 54.4 Å². The average Bonchev–Trinajstić information content (AvgIpc) is 2.52. The molecule has 0 aromatic heterocycles. The predicted octanol–water partition coefficient (Wildman–Crippen LogP) is 1.98. The molecule has 0 bridgehead atoms. The fraction of sp³-hybridized carbons (Fsp3) is 0.789. The lowest BCUT2D eigenvalue weighted by Gasteiger charge is -2.45. The Hall–Kier alpha value is -2.32. The standard InChI is InChI=1S/C16H28N2O5.C3H6O2/c1-6-8-18(13(19)9-14(20)22-7-2)12-10-17(11-12)15(21)23-16(3,4)5;1-2-5-3-4/h12H,6-11H2,1-5H3;3H,2H2,1H3. The van der Waals surface area contributed by atoms with E-state index in [2.05, 4.69) is 4.74 Å². The summed E-state index contributed by atoms with van der Waals surface area (Å²) >= 11 is 0. The molecule has 0 unspecified atom stereocenters. The van der Waals surface area contributed by atoms with Crippen molar-refractivity contribution in [1.82, 2.24) is 9.80 Å². The summed E-state index contributed by atoms with van der Waals surface area (Å²) in [7, 11) is 0. The Bertz CT molecular complexity index is 511. The number of carbonyl (C=O) groups is 4. The summed E-state index contributed by atoms with van der Waals surface area (Å²) in [6.07, 6.45) is 0.164. The molecule has 1 fully saturated rings. The normalized spacial score (nSPS) is 13.4. The second-order valence-electron chi connectivity index (χ2n) is 7.16. The monoisotopic (exact) mass is 402 g/mol. The Morgan fingerprint density at radius 2 is 1.71 bits per heavy atom. The molecule has 0 aromatic carbocycles. The quantitative estimate of drug-likeness (QED) is 0.265. The van der Waals surface area contributed by atoms with Crippen LogP contribution < -0.4 is 0 Å². The van der Waals surface area contributed by atoms with Crippen molar-refractivity contribution in [3.05, 3.63) is 0 Å². The van der Waals surface area contributed by atoms with Gasteiger partial charge in [-0.05, 0) is 41.0 Å². The Morgan fingerprint density at radius 3 is 2.11 bits per heavy atom. The van der Waals surface area contributed by atoms with Gasteiger partial charge in [-0.15, -0.1) is 0 Å². The number of hydrogen-bond donors (Lipinski definition) is 0. The molecular formula is C19H34N2O7. The zero-order chi connectivity index (χ0) is 21.7. The van der Waals surface area contributed by atoms with Gasteiger partial charge >= 0.3 is 12.1 Å². The molecular weight excluding hydrogens is 368 g/mol. The van der Waals surface area contributed by atoms with Crippen molar-refractivity contribution in [2.75, 3.05) is 32.8 Å². The lowest BCUT2D eigenvalue weighted by atomic mass is 10.1. The van der Waals surface area contributed by atoms with E-state index in [1.165, 1.54) is 0 Å². The van der Waals surface area contributed by atoms with Crippen LogP contribution in [-0.2, 0) is 28.6 Å². The van der Waals surface area contributed by atoms with Gasteiger partial charge in [-0.25, -0.2) is 4.79 Å². The molecule has 0 spiro atoms. The molecule has 0 atom stereocenters. The van der Waals surface area contributed by atoms with Gasteiger partial charge in [0.2, 0.25) is 5.91 Å². The van der Waals surface area contributed by atoms with Crippen molar-refractivity contribution in [3.63, 3.8) is 0 Å². The van der Waals surface area contributed by atoms with Crippen LogP contribution in [0.15, 0.2) is 0 Å². The first-order valence-electron chi connectivity index (χ1n) is 9.57. The molecule has 2 amide bonds. The number of ether oxygens (including phenoxy) is 3. The summed E-state index contributed by atoms with van der Waals surface area (Å²) in [6, 6.07) is -0.0654. The van der Waals surface area contributed by atoms with Gasteiger partial charge in [0.1, 0.15) is 12.0 Å². The van der Waals surface area contributed by atoms with Crippen molar-refractivity contribution in [3.8, 4) is 0 Å². The number of nitrogens with zero attached hydrogens (tertiary/aromatic N) is 2. The third-order valence-corrected chi connectivity index (χ3v) is 3.58. The van der Waals surface area contributed by atoms with Crippen molar-refractivity contribution in [2.24, 2.45) is 0 Å². The molecule has 1 saturated heterocycles. The average molecular weight is 402 g/mol. The molecule has 28 heavy (non-hydrogen) atoms. The first-order valence-corrected chi connectivity index (χ1v) is 9.57. The molecule has 9 heteroatoms. The van der Waals surface area contributed by atoms with Gasteiger partial charge in [-0.2, -0.15) is 0 Å². The topological polar surface area (TPSA) is 102 Å². The molecule has 0 aromatic rings. The van der Waals surface area contributed by atoms with E-state index in [1.54, 1.807) is 23.6 Å². The van der Waals surface area contributed by atoms with Gasteiger partial charge in [-0.1, -0.05) is 6.92 Å². The molecule has 0 saturated carbocycles. The summed E-state index contributed by atoms with van der Waals surface area (Å²) in [5, 5.41) is 0. The summed E-state index contributed by atoms with van der Waals surface area (Å²) < 4.78 is 14.3. The van der Waals surface area contributed by atoms with Gasteiger partial charge in [0.15, 0.2) is 0 Å². The zero-order valence-corrected chi connectivity index (χ0v) is 17.9. The minimum Gasteiger partial charge on any atom is -0.468 e. The smallest absolute Gasteiger partial charge is 0.410 e. The highest BCUT2D eigenvalue weighted by Gasteiger charge is 2.38. The lowest BCUT2D eigenvalue weighted by molar-refractivity contribution is -0.150. The minimum absolute atomic E-state index is 0.0654. The SMILES string of the molecule is CCCN(C(=O)CC(=O)OCC)C1CN(C(=O)OC(C)(C)C)C1.CCOC=O. The second kappa shape index (κ2) is 13.0. The summed E-state index contributed by atoms with van der Waals surface area (Å²) in [6.45, 7) is 13.5. The van der Waals surface area contributed by atoms with Gasteiger partial charge < -0.3 is 24.0 Å². The van der Waals surface area contributed by atoms with E-state index < -0.39 is 11.6 Å². The first kappa shape index (κ1) is 25.7. The molecule has 9 nitrogen and oxygen atoms in total. The largest absolute Gasteiger partial charge is 0.468 e. The van der Waals surface area contributed by atoms with Gasteiger partial charge in [0.25, 0.3) is 6.47 Å². The number of hydrogen-bond acceptors (Lipinski definition) is 7. The molecule has 1 rings (SSSR count). The molecule has 1 heterocycles. The fourth-order valence-corrected chi connectivity index (χ4v) is 2.38. The third-order valence-electron chi connectivity index (χ3n) is 3.58. The maximum Gasteiger partial charge on any atom is 0.410 e. The highest BCUT2D eigenvalue weighted by atomic mass is 16.6. The third kappa shape index (κ3) is 10.1. The molecule has 162 valence electrons. The van der Waals surface area contributed by atoms with Gasteiger partial charge in [0, 0.05) is 19.6 Å². The maximum absolute atomic E-state index is 12.2. The van der Waals surface area contributed by atoms with Crippen molar-refractivity contribution in [2.45, 2.75) is 66.0 Å². The van der Waals surface area contributed by atoms with Crippen molar-refractivity contribution in [1.29, 1.82) is 0 Å². The molecule has 0 aliphatic carbocycles. The molecule has 1 aliphatic rings. The zero-order valence-electron chi connectivity index (χ0n) is 17.9. The Labute approximate surface area is 167 Å². The van der Waals surface area contributed by atoms with Crippen LogP contribution >= 0.6 is 0 Å². The Morgan fingerprint density at radius 1 is 1.11 bits per heavy atom. The van der Waals surface area contributed by atoms with Crippen LogP contribution in [0.5, 0.6) is 0 Å². The summed E-state index contributed by atoms with van der Waals surface area (Å²) in [4.78, 5) is 48.1. The fourth-order valence-electron chi connectivity index (χ4n) is 2.38. The lowest BCUT2D eigenvalue weighted by Crippen LogP contribution is -2.63. The maximum atomic E-state index is 12.2. The van der Waals surface area contributed by atoms with Crippen LogP contribution in [0.3, 0.4) is 0 Å². The van der Waals surface area contributed by atoms with Crippen LogP contribution in [0, 0.1) is 0 Å². The van der Waals surface area contributed by atoms with Crippen LogP contribution in [0.2, 0.25) is 0 Å². The van der Waals surface area contributed by atoms with Gasteiger partial charge in [-0.3, -0.25) is 14.4 Å². The van der Waals surface area contributed by atoms with Gasteiger partial charge in [0.05, 0.1) is 19.3 Å². The Balaban J connectivity index is 0.00000129. The van der Waals surface area contributed by atoms with Crippen LogP contribution in [0.25, 0.3) is 0 Å². The highest BCUT2D eigenvalue weighted by molar-refractivity contribution is 5.94. The van der Waals surface area contributed by atoms with E-state index in [-0.39, 0.29) is 31.1 Å².